The summed E-state index contributed by atoms with van der Waals surface area (Å²) in [5.41, 5.74) is 0. The average Bonchev–Trinajstić information content (AvgIpc) is 3.33. The van der Waals surface area contributed by atoms with Crippen molar-refractivity contribution in [3.8, 4) is 0 Å². The van der Waals surface area contributed by atoms with E-state index in [2.05, 4.69) is 15.1 Å². The minimum Gasteiger partial charge on any atom is -0.352 e. The van der Waals surface area contributed by atoms with Gasteiger partial charge in [0.2, 0.25) is 11.8 Å². The number of rotatable bonds is 4. The van der Waals surface area contributed by atoms with E-state index in [9.17, 15) is 9.59 Å². The maximum atomic E-state index is 12.6. The molecule has 124 valence electrons. The summed E-state index contributed by atoms with van der Waals surface area (Å²) < 4.78 is 0. The zero-order valence-corrected chi connectivity index (χ0v) is 13.6. The Labute approximate surface area is 133 Å². The van der Waals surface area contributed by atoms with Crippen LogP contribution in [0.25, 0.3) is 0 Å². The molecule has 0 unspecified atom stereocenters. The second-order valence-electron chi connectivity index (χ2n) is 7.13. The van der Waals surface area contributed by atoms with E-state index < -0.39 is 0 Å². The van der Waals surface area contributed by atoms with E-state index in [4.69, 9.17) is 0 Å². The highest BCUT2D eigenvalue weighted by molar-refractivity contribution is 5.80. The number of piperidine rings is 1. The SMILES string of the molecule is O=C(CN1CCC(C(=O)N2CCCCCC2)CC1)NC1CC1. The third kappa shape index (κ3) is 4.45. The molecular weight excluding hydrogens is 278 g/mol. The van der Waals surface area contributed by atoms with Gasteiger partial charge in [-0.2, -0.15) is 0 Å². The molecule has 2 heterocycles. The molecular formula is C17H29N3O2. The van der Waals surface area contributed by atoms with Crippen LogP contribution in [0.4, 0.5) is 0 Å². The quantitative estimate of drug-likeness (QED) is 0.854. The van der Waals surface area contributed by atoms with Crippen molar-refractivity contribution in [2.75, 3.05) is 32.7 Å². The monoisotopic (exact) mass is 307 g/mol. The lowest BCUT2D eigenvalue weighted by Crippen LogP contribution is -2.45. The predicted molar refractivity (Wildman–Crippen MR) is 85.4 cm³/mol. The lowest BCUT2D eigenvalue weighted by Gasteiger charge is -2.33. The third-order valence-corrected chi connectivity index (χ3v) is 5.16. The molecule has 22 heavy (non-hydrogen) atoms. The Morgan fingerprint density at radius 3 is 2.09 bits per heavy atom. The van der Waals surface area contributed by atoms with Gasteiger partial charge in [-0.3, -0.25) is 14.5 Å². The summed E-state index contributed by atoms with van der Waals surface area (Å²) in [5.74, 6) is 0.699. The van der Waals surface area contributed by atoms with Gasteiger partial charge in [0.15, 0.2) is 0 Å². The van der Waals surface area contributed by atoms with Gasteiger partial charge in [0.1, 0.15) is 0 Å². The minimum atomic E-state index is 0.153. The number of nitrogens with zero attached hydrogens (tertiary/aromatic N) is 2. The van der Waals surface area contributed by atoms with Crippen molar-refractivity contribution >= 4 is 11.8 Å². The van der Waals surface area contributed by atoms with Crippen molar-refractivity contribution in [2.24, 2.45) is 5.92 Å². The highest BCUT2D eigenvalue weighted by Gasteiger charge is 2.30. The third-order valence-electron chi connectivity index (χ3n) is 5.16. The highest BCUT2D eigenvalue weighted by atomic mass is 16.2. The topological polar surface area (TPSA) is 52.7 Å². The van der Waals surface area contributed by atoms with Gasteiger partial charge < -0.3 is 10.2 Å². The molecule has 3 rings (SSSR count). The van der Waals surface area contributed by atoms with E-state index in [1.54, 1.807) is 0 Å². The van der Waals surface area contributed by atoms with Crippen LogP contribution in [0.3, 0.4) is 0 Å². The summed E-state index contributed by atoms with van der Waals surface area (Å²) in [6.07, 6.45) is 8.93. The van der Waals surface area contributed by atoms with Crippen molar-refractivity contribution in [3.63, 3.8) is 0 Å². The molecule has 0 atom stereocenters. The van der Waals surface area contributed by atoms with E-state index in [0.29, 0.717) is 18.5 Å². The molecule has 1 N–H and O–H groups in total. The number of hydrogen-bond donors (Lipinski definition) is 1. The summed E-state index contributed by atoms with van der Waals surface area (Å²) >= 11 is 0. The summed E-state index contributed by atoms with van der Waals surface area (Å²) in [4.78, 5) is 28.7. The van der Waals surface area contributed by atoms with Gasteiger partial charge in [-0.15, -0.1) is 0 Å². The predicted octanol–water partition coefficient (Wildman–Crippen LogP) is 1.38. The number of nitrogens with one attached hydrogen (secondary N) is 1. The first kappa shape index (κ1) is 15.8. The fourth-order valence-corrected chi connectivity index (χ4v) is 3.59. The van der Waals surface area contributed by atoms with Crippen molar-refractivity contribution < 1.29 is 9.59 Å². The normalized spacial score (nSPS) is 24.8. The summed E-state index contributed by atoms with van der Waals surface area (Å²) in [6, 6.07) is 0.439. The van der Waals surface area contributed by atoms with Crippen molar-refractivity contribution in [3.05, 3.63) is 0 Å². The highest BCUT2D eigenvalue weighted by Crippen LogP contribution is 2.22. The molecule has 2 amide bonds. The van der Waals surface area contributed by atoms with Crippen molar-refractivity contribution in [2.45, 2.75) is 57.4 Å². The van der Waals surface area contributed by atoms with Crippen LogP contribution in [-0.4, -0.2) is 60.4 Å². The van der Waals surface area contributed by atoms with E-state index in [-0.39, 0.29) is 11.8 Å². The number of carbonyl (C=O) groups is 2. The number of carbonyl (C=O) groups excluding carboxylic acids is 2. The standard InChI is InChI=1S/C17H29N3O2/c21-16(18-15-5-6-15)13-19-11-7-14(8-12-19)17(22)20-9-3-1-2-4-10-20/h14-15H,1-13H2,(H,18,21). The zero-order valence-electron chi connectivity index (χ0n) is 13.6. The Bertz CT molecular complexity index is 393. The molecule has 0 bridgehead atoms. The lowest BCUT2D eigenvalue weighted by molar-refractivity contribution is -0.137. The molecule has 0 aromatic carbocycles. The summed E-state index contributed by atoms with van der Waals surface area (Å²) in [5, 5.41) is 3.04. The molecule has 1 saturated carbocycles. The fourth-order valence-electron chi connectivity index (χ4n) is 3.59. The van der Waals surface area contributed by atoms with Crippen molar-refractivity contribution in [1.29, 1.82) is 0 Å². The second-order valence-corrected chi connectivity index (χ2v) is 7.13. The number of likely N-dealkylation sites (tertiary alicyclic amines) is 2. The van der Waals surface area contributed by atoms with E-state index >= 15 is 0 Å². The van der Waals surface area contributed by atoms with Crippen LogP contribution in [0.5, 0.6) is 0 Å². The van der Waals surface area contributed by atoms with Gasteiger partial charge in [-0.05, 0) is 51.6 Å². The fraction of sp³-hybridized carbons (Fsp3) is 0.882. The largest absolute Gasteiger partial charge is 0.352 e. The molecule has 3 aliphatic rings. The second kappa shape index (κ2) is 7.44. The molecule has 5 nitrogen and oxygen atoms in total. The Kier molecular flexibility index (Phi) is 5.34. The van der Waals surface area contributed by atoms with Crippen LogP contribution < -0.4 is 5.32 Å². The maximum Gasteiger partial charge on any atom is 0.234 e. The minimum absolute atomic E-state index is 0.153. The summed E-state index contributed by atoms with van der Waals surface area (Å²) in [6.45, 7) is 4.15. The van der Waals surface area contributed by atoms with Gasteiger partial charge in [0.05, 0.1) is 6.54 Å². The van der Waals surface area contributed by atoms with Crippen LogP contribution in [-0.2, 0) is 9.59 Å². The number of amides is 2. The van der Waals surface area contributed by atoms with Gasteiger partial charge in [0, 0.05) is 25.0 Å². The van der Waals surface area contributed by atoms with Crippen LogP contribution in [0.1, 0.15) is 51.4 Å². The van der Waals surface area contributed by atoms with Gasteiger partial charge in [-0.1, -0.05) is 12.8 Å². The Balaban J connectivity index is 1.40. The molecule has 2 saturated heterocycles. The molecule has 0 radical (unpaired) electrons. The lowest BCUT2D eigenvalue weighted by atomic mass is 9.95. The van der Waals surface area contributed by atoms with Crippen molar-refractivity contribution in [1.82, 2.24) is 15.1 Å². The van der Waals surface area contributed by atoms with Crippen LogP contribution in [0.15, 0.2) is 0 Å². The van der Waals surface area contributed by atoms with Crippen LogP contribution >= 0.6 is 0 Å². The van der Waals surface area contributed by atoms with E-state index in [1.807, 2.05) is 0 Å². The van der Waals surface area contributed by atoms with Crippen LogP contribution in [0.2, 0.25) is 0 Å². The Morgan fingerprint density at radius 1 is 0.864 bits per heavy atom. The molecule has 0 aromatic heterocycles. The molecule has 0 aromatic rings. The number of hydrogen-bond acceptors (Lipinski definition) is 3. The maximum absolute atomic E-state index is 12.6. The molecule has 2 aliphatic heterocycles. The van der Waals surface area contributed by atoms with Gasteiger partial charge >= 0.3 is 0 Å². The van der Waals surface area contributed by atoms with E-state index in [1.165, 1.54) is 12.8 Å². The van der Waals surface area contributed by atoms with E-state index in [0.717, 1.165) is 64.7 Å². The molecule has 5 heteroatoms. The molecule has 1 aliphatic carbocycles. The molecule has 0 spiro atoms. The zero-order chi connectivity index (χ0) is 15.4. The summed E-state index contributed by atoms with van der Waals surface area (Å²) in [7, 11) is 0. The first-order valence-electron chi connectivity index (χ1n) is 9.03. The Hall–Kier alpha value is -1.10. The van der Waals surface area contributed by atoms with Gasteiger partial charge in [-0.25, -0.2) is 0 Å². The Morgan fingerprint density at radius 2 is 1.50 bits per heavy atom. The van der Waals surface area contributed by atoms with Crippen LogP contribution in [0, 0.1) is 5.92 Å². The smallest absolute Gasteiger partial charge is 0.234 e. The first-order valence-corrected chi connectivity index (χ1v) is 9.03. The average molecular weight is 307 g/mol. The first-order chi connectivity index (χ1) is 10.7. The van der Waals surface area contributed by atoms with Gasteiger partial charge in [0.25, 0.3) is 0 Å². The molecule has 3 fully saturated rings.